The van der Waals surface area contributed by atoms with Crippen molar-refractivity contribution < 1.29 is 4.74 Å². The molecule has 1 fully saturated rings. The summed E-state index contributed by atoms with van der Waals surface area (Å²) < 4.78 is 5.46. The van der Waals surface area contributed by atoms with E-state index < -0.39 is 0 Å². The Morgan fingerprint density at radius 2 is 1.95 bits per heavy atom. The van der Waals surface area contributed by atoms with Crippen molar-refractivity contribution in [3.63, 3.8) is 0 Å². The lowest BCUT2D eigenvalue weighted by atomic mass is 10.0. The van der Waals surface area contributed by atoms with Gasteiger partial charge >= 0.3 is 0 Å². The molecule has 0 amide bonds. The van der Waals surface area contributed by atoms with E-state index in [1.807, 2.05) is 25.1 Å². The molecular weight excluding hydrogens is 250 g/mol. The zero-order valence-corrected chi connectivity index (χ0v) is 12.1. The van der Waals surface area contributed by atoms with Crippen LogP contribution in [0.15, 0.2) is 24.3 Å². The molecule has 1 aromatic heterocycles. The summed E-state index contributed by atoms with van der Waals surface area (Å²) in [6.45, 7) is 6.03. The molecule has 2 heterocycles. The molecule has 1 saturated heterocycles. The number of benzene rings is 1. The molecule has 1 N–H and O–H groups in total. The first-order chi connectivity index (χ1) is 9.67. The van der Waals surface area contributed by atoms with Gasteiger partial charge in [-0.3, -0.25) is 0 Å². The highest BCUT2D eigenvalue weighted by atomic mass is 16.5. The number of rotatable bonds is 3. The van der Waals surface area contributed by atoms with Crippen molar-refractivity contribution in [1.29, 1.82) is 0 Å². The molecule has 104 valence electrons. The summed E-state index contributed by atoms with van der Waals surface area (Å²) in [5, 5.41) is 3.27. The maximum Gasteiger partial charge on any atom is 0.134 e. The highest BCUT2D eigenvalue weighted by Crippen LogP contribution is 2.31. The molecular formula is C16H19N3O. The summed E-state index contributed by atoms with van der Waals surface area (Å²) in [5.74, 6) is 2.22. The normalized spacial score (nSPS) is 14.9. The zero-order valence-electron chi connectivity index (χ0n) is 12.1. The molecule has 0 radical (unpaired) electrons. The lowest BCUT2D eigenvalue weighted by molar-refractivity contribution is 0.415. The minimum atomic E-state index is 0.435. The lowest BCUT2D eigenvalue weighted by Gasteiger charge is -2.26. The average Bonchev–Trinajstić information content (AvgIpc) is 2.36. The van der Waals surface area contributed by atoms with Crippen LogP contribution >= 0.6 is 0 Å². The van der Waals surface area contributed by atoms with Gasteiger partial charge in [-0.25, -0.2) is 9.97 Å². The molecule has 1 aromatic carbocycles. The molecule has 0 unspecified atom stereocenters. The minimum absolute atomic E-state index is 0.435. The minimum Gasteiger partial charge on any atom is -0.496 e. The van der Waals surface area contributed by atoms with Crippen LogP contribution in [0.3, 0.4) is 0 Å². The van der Waals surface area contributed by atoms with E-state index in [1.165, 1.54) is 5.56 Å². The fourth-order valence-electron chi connectivity index (χ4n) is 2.41. The number of aromatic nitrogens is 2. The Balaban J connectivity index is 2.09. The molecule has 0 atom stereocenters. The Bertz CT molecular complexity index is 636. The Hall–Kier alpha value is -1.94. The van der Waals surface area contributed by atoms with Gasteiger partial charge in [0.2, 0.25) is 0 Å². The van der Waals surface area contributed by atoms with Crippen molar-refractivity contribution >= 4 is 0 Å². The number of hydrogen-bond donors (Lipinski definition) is 1. The summed E-state index contributed by atoms with van der Waals surface area (Å²) >= 11 is 0. The fraction of sp³-hybridized carbons (Fsp3) is 0.375. The number of nitrogens with one attached hydrogen (secondary N) is 1. The number of methoxy groups -OCH3 is 1. The number of aryl methyl sites for hydroxylation is 2. The van der Waals surface area contributed by atoms with Crippen LogP contribution in [0.1, 0.15) is 23.0 Å². The number of hydrogen-bond acceptors (Lipinski definition) is 4. The maximum atomic E-state index is 5.46. The van der Waals surface area contributed by atoms with E-state index in [0.29, 0.717) is 5.92 Å². The van der Waals surface area contributed by atoms with Gasteiger partial charge in [0.25, 0.3) is 0 Å². The molecule has 0 saturated carbocycles. The van der Waals surface area contributed by atoms with E-state index >= 15 is 0 Å². The van der Waals surface area contributed by atoms with Gasteiger partial charge in [-0.2, -0.15) is 0 Å². The van der Waals surface area contributed by atoms with Crippen molar-refractivity contribution in [1.82, 2.24) is 15.3 Å². The standard InChI is InChI=1S/C16H19N3O/c1-10-4-5-15(20-3)13(6-10)14-7-11(2)18-16(19-14)12-8-17-9-12/h4-7,12,17H,8-9H2,1-3H3. The summed E-state index contributed by atoms with van der Waals surface area (Å²) in [5.41, 5.74) is 4.18. The second-order valence-electron chi connectivity index (χ2n) is 5.31. The van der Waals surface area contributed by atoms with Crippen molar-refractivity contribution in [2.24, 2.45) is 0 Å². The fourth-order valence-corrected chi connectivity index (χ4v) is 2.41. The molecule has 1 aliphatic rings. The van der Waals surface area contributed by atoms with E-state index in [1.54, 1.807) is 7.11 Å². The van der Waals surface area contributed by atoms with Gasteiger partial charge in [-0.05, 0) is 32.0 Å². The van der Waals surface area contributed by atoms with E-state index in [4.69, 9.17) is 9.72 Å². The first-order valence-electron chi connectivity index (χ1n) is 6.88. The van der Waals surface area contributed by atoms with Crippen molar-refractivity contribution in [2.45, 2.75) is 19.8 Å². The molecule has 1 aliphatic heterocycles. The highest BCUT2D eigenvalue weighted by Gasteiger charge is 2.23. The maximum absolute atomic E-state index is 5.46. The van der Waals surface area contributed by atoms with Crippen LogP contribution in [-0.4, -0.2) is 30.2 Å². The zero-order chi connectivity index (χ0) is 14.1. The lowest BCUT2D eigenvalue weighted by Crippen LogP contribution is -2.41. The third-order valence-corrected chi connectivity index (χ3v) is 3.65. The SMILES string of the molecule is COc1ccc(C)cc1-c1cc(C)nc(C2CNC2)n1. The Labute approximate surface area is 119 Å². The van der Waals surface area contributed by atoms with Crippen LogP contribution in [0.4, 0.5) is 0 Å². The molecule has 4 heteroatoms. The van der Waals surface area contributed by atoms with Gasteiger partial charge in [-0.1, -0.05) is 11.6 Å². The van der Waals surface area contributed by atoms with E-state index in [0.717, 1.165) is 41.6 Å². The second-order valence-corrected chi connectivity index (χ2v) is 5.31. The van der Waals surface area contributed by atoms with Gasteiger partial charge in [-0.15, -0.1) is 0 Å². The van der Waals surface area contributed by atoms with Gasteiger partial charge in [0, 0.05) is 30.3 Å². The first kappa shape index (κ1) is 13.1. The van der Waals surface area contributed by atoms with Crippen LogP contribution in [0, 0.1) is 13.8 Å². The van der Waals surface area contributed by atoms with Crippen LogP contribution in [0.5, 0.6) is 5.75 Å². The second kappa shape index (κ2) is 5.21. The molecule has 3 rings (SSSR count). The Morgan fingerprint density at radius 1 is 1.15 bits per heavy atom. The summed E-state index contributed by atoms with van der Waals surface area (Å²) in [6.07, 6.45) is 0. The largest absolute Gasteiger partial charge is 0.496 e. The molecule has 0 bridgehead atoms. The third kappa shape index (κ3) is 2.39. The Kier molecular flexibility index (Phi) is 3.40. The van der Waals surface area contributed by atoms with Gasteiger partial charge in [0.15, 0.2) is 0 Å². The van der Waals surface area contributed by atoms with Crippen LogP contribution < -0.4 is 10.1 Å². The molecule has 2 aromatic rings. The van der Waals surface area contributed by atoms with Crippen LogP contribution in [0.25, 0.3) is 11.3 Å². The van der Waals surface area contributed by atoms with Crippen LogP contribution in [0.2, 0.25) is 0 Å². The predicted molar refractivity (Wildman–Crippen MR) is 79.1 cm³/mol. The van der Waals surface area contributed by atoms with Gasteiger partial charge in [0.05, 0.1) is 12.8 Å². The first-order valence-corrected chi connectivity index (χ1v) is 6.88. The van der Waals surface area contributed by atoms with Gasteiger partial charge < -0.3 is 10.1 Å². The predicted octanol–water partition coefficient (Wildman–Crippen LogP) is 2.46. The average molecular weight is 269 g/mol. The van der Waals surface area contributed by atoms with Crippen molar-refractivity contribution in [3.05, 3.63) is 41.3 Å². The third-order valence-electron chi connectivity index (χ3n) is 3.65. The van der Waals surface area contributed by atoms with E-state index in [9.17, 15) is 0 Å². The summed E-state index contributed by atoms with van der Waals surface area (Å²) in [4.78, 5) is 9.31. The quantitative estimate of drug-likeness (QED) is 0.929. The number of nitrogens with zero attached hydrogens (tertiary/aromatic N) is 2. The summed E-state index contributed by atoms with van der Waals surface area (Å²) in [7, 11) is 1.69. The van der Waals surface area contributed by atoms with Crippen LogP contribution in [-0.2, 0) is 0 Å². The van der Waals surface area contributed by atoms with E-state index in [-0.39, 0.29) is 0 Å². The highest BCUT2D eigenvalue weighted by molar-refractivity contribution is 5.68. The Morgan fingerprint density at radius 3 is 2.60 bits per heavy atom. The van der Waals surface area contributed by atoms with E-state index in [2.05, 4.69) is 23.3 Å². The monoisotopic (exact) mass is 269 g/mol. The number of ether oxygens (including phenoxy) is 1. The smallest absolute Gasteiger partial charge is 0.134 e. The molecule has 20 heavy (non-hydrogen) atoms. The van der Waals surface area contributed by atoms with Crippen molar-refractivity contribution in [2.75, 3.05) is 20.2 Å². The topological polar surface area (TPSA) is 47.0 Å². The molecule has 4 nitrogen and oxygen atoms in total. The van der Waals surface area contributed by atoms with Crippen molar-refractivity contribution in [3.8, 4) is 17.0 Å². The summed E-state index contributed by atoms with van der Waals surface area (Å²) in [6, 6.07) is 8.18. The van der Waals surface area contributed by atoms with Gasteiger partial charge in [0.1, 0.15) is 11.6 Å². The molecule has 0 aliphatic carbocycles. The molecule has 0 spiro atoms.